The Kier molecular flexibility index (Phi) is 6.94. The van der Waals surface area contributed by atoms with E-state index in [4.69, 9.17) is 4.74 Å². The van der Waals surface area contributed by atoms with Crippen molar-refractivity contribution in [3.05, 3.63) is 29.8 Å². The number of anilines is 1. The van der Waals surface area contributed by atoms with E-state index in [2.05, 4.69) is 10.6 Å². The molecule has 2 N–H and O–H groups in total. The fourth-order valence-corrected chi connectivity index (χ4v) is 1.59. The van der Waals surface area contributed by atoms with E-state index in [1.807, 2.05) is 6.92 Å². The number of carbonyl (C=O) groups excluding carboxylic acids is 3. The summed E-state index contributed by atoms with van der Waals surface area (Å²) < 4.78 is 4.84. The van der Waals surface area contributed by atoms with Gasteiger partial charge in [-0.3, -0.25) is 14.4 Å². The summed E-state index contributed by atoms with van der Waals surface area (Å²) in [5, 5.41) is 5.10. The fourth-order valence-electron chi connectivity index (χ4n) is 1.59. The molecular weight excluding hydrogens is 272 g/mol. The number of hydrogen-bond acceptors (Lipinski definition) is 4. The van der Waals surface area contributed by atoms with Crippen LogP contribution in [-0.4, -0.2) is 31.4 Å². The Hall–Kier alpha value is -2.37. The van der Waals surface area contributed by atoms with Gasteiger partial charge in [0, 0.05) is 24.7 Å². The van der Waals surface area contributed by atoms with Gasteiger partial charge in [-0.1, -0.05) is 13.3 Å². The van der Waals surface area contributed by atoms with Gasteiger partial charge in [-0.15, -0.1) is 0 Å². The van der Waals surface area contributed by atoms with Crippen LogP contribution in [0.25, 0.3) is 0 Å². The van der Waals surface area contributed by atoms with Crippen LogP contribution in [0.1, 0.15) is 36.5 Å². The third-order valence-electron chi connectivity index (χ3n) is 2.76. The Morgan fingerprint density at radius 2 is 1.81 bits per heavy atom. The lowest BCUT2D eigenvalue weighted by Crippen LogP contribution is -2.21. The van der Waals surface area contributed by atoms with E-state index in [0.29, 0.717) is 17.7 Å². The number of nitrogens with one attached hydrogen (secondary N) is 2. The summed E-state index contributed by atoms with van der Waals surface area (Å²) in [5.74, 6) is -0.979. The van der Waals surface area contributed by atoms with Crippen LogP contribution < -0.4 is 10.6 Å². The van der Waals surface area contributed by atoms with Crippen molar-refractivity contribution in [3.8, 4) is 0 Å². The lowest BCUT2D eigenvalue weighted by molar-refractivity contribution is -0.147. The number of benzene rings is 1. The minimum atomic E-state index is -0.410. The molecule has 0 bridgehead atoms. The largest absolute Gasteiger partial charge is 0.456 e. The van der Waals surface area contributed by atoms with E-state index >= 15 is 0 Å². The summed E-state index contributed by atoms with van der Waals surface area (Å²) in [6.07, 6.45) is 1.98. The van der Waals surface area contributed by atoms with Gasteiger partial charge in [0.05, 0.1) is 0 Å². The maximum Gasteiger partial charge on any atom is 0.306 e. The number of unbranched alkanes of at least 4 members (excludes halogenated alkanes) is 1. The smallest absolute Gasteiger partial charge is 0.306 e. The van der Waals surface area contributed by atoms with Crippen LogP contribution in [0.4, 0.5) is 5.69 Å². The van der Waals surface area contributed by atoms with E-state index in [1.165, 1.54) is 0 Å². The highest BCUT2D eigenvalue weighted by molar-refractivity contribution is 5.96. The van der Waals surface area contributed by atoms with Gasteiger partial charge in [0.25, 0.3) is 11.8 Å². The number of esters is 1. The van der Waals surface area contributed by atoms with E-state index < -0.39 is 5.91 Å². The summed E-state index contributed by atoms with van der Waals surface area (Å²) in [7, 11) is 1.55. The Balaban J connectivity index is 2.41. The molecule has 0 unspecified atom stereocenters. The monoisotopic (exact) mass is 292 g/mol. The fraction of sp³-hybridized carbons (Fsp3) is 0.400. The molecule has 0 radical (unpaired) electrons. The van der Waals surface area contributed by atoms with Crippen LogP contribution >= 0.6 is 0 Å². The third-order valence-corrected chi connectivity index (χ3v) is 2.76. The van der Waals surface area contributed by atoms with Crippen LogP contribution in [0.2, 0.25) is 0 Å². The predicted octanol–water partition coefficient (Wildman–Crippen LogP) is 1.72. The first-order valence-electron chi connectivity index (χ1n) is 6.84. The van der Waals surface area contributed by atoms with Crippen LogP contribution in [0, 0.1) is 0 Å². The summed E-state index contributed by atoms with van der Waals surface area (Å²) in [5.41, 5.74) is 1.04. The first kappa shape index (κ1) is 16.7. The van der Waals surface area contributed by atoms with Gasteiger partial charge < -0.3 is 15.4 Å². The van der Waals surface area contributed by atoms with E-state index in [0.717, 1.165) is 12.8 Å². The summed E-state index contributed by atoms with van der Waals surface area (Å²) in [4.78, 5) is 34.2. The molecule has 0 saturated heterocycles. The number of carbonyl (C=O) groups is 3. The normalized spacial score (nSPS) is 9.81. The van der Waals surface area contributed by atoms with Crippen molar-refractivity contribution >= 4 is 23.5 Å². The molecule has 21 heavy (non-hydrogen) atoms. The molecule has 6 nitrogen and oxygen atoms in total. The summed E-state index contributed by atoms with van der Waals surface area (Å²) in [6, 6.07) is 6.42. The minimum Gasteiger partial charge on any atom is -0.456 e. The van der Waals surface area contributed by atoms with Crippen molar-refractivity contribution in [2.45, 2.75) is 26.2 Å². The Labute approximate surface area is 123 Å². The Morgan fingerprint density at radius 3 is 2.38 bits per heavy atom. The van der Waals surface area contributed by atoms with Gasteiger partial charge in [0.1, 0.15) is 0 Å². The maximum atomic E-state index is 11.6. The molecule has 114 valence electrons. The SMILES string of the molecule is CCCCC(=O)OCC(=O)Nc1ccc(C(=O)NC)cc1. The minimum absolute atomic E-state index is 0.197. The van der Waals surface area contributed by atoms with Crippen LogP contribution in [0.15, 0.2) is 24.3 Å². The second kappa shape index (κ2) is 8.73. The summed E-state index contributed by atoms with van der Waals surface area (Å²) in [6.45, 7) is 1.67. The molecule has 0 aliphatic carbocycles. The average Bonchev–Trinajstić information content (AvgIpc) is 2.50. The molecule has 0 fully saturated rings. The van der Waals surface area contributed by atoms with Crippen molar-refractivity contribution in [2.24, 2.45) is 0 Å². The van der Waals surface area contributed by atoms with Gasteiger partial charge >= 0.3 is 5.97 Å². The topological polar surface area (TPSA) is 84.5 Å². The van der Waals surface area contributed by atoms with Gasteiger partial charge in [0.15, 0.2) is 6.61 Å². The van der Waals surface area contributed by atoms with Gasteiger partial charge in [-0.05, 0) is 30.7 Å². The van der Waals surface area contributed by atoms with Gasteiger partial charge in [-0.2, -0.15) is 0 Å². The highest BCUT2D eigenvalue weighted by atomic mass is 16.5. The first-order valence-corrected chi connectivity index (χ1v) is 6.84. The third kappa shape index (κ3) is 6.07. The van der Waals surface area contributed by atoms with Crippen LogP contribution in [0.5, 0.6) is 0 Å². The molecule has 2 amide bonds. The molecule has 6 heteroatoms. The van der Waals surface area contributed by atoms with Crippen LogP contribution in [-0.2, 0) is 14.3 Å². The molecule has 0 aliphatic heterocycles. The van der Waals surface area contributed by atoms with E-state index in [1.54, 1.807) is 31.3 Å². The molecule has 0 aromatic heterocycles. The number of amides is 2. The van der Waals surface area contributed by atoms with Crippen molar-refractivity contribution < 1.29 is 19.1 Å². The second-order valence-corrected chi connectivity index (χ2v) is 4.47. The zero-order valence-electron chi connectivity index (χ0n) is 12.3. The lowest BCUT2D eigenvalue weighted by atomic mass is 10.2. The molecule has 0 aliphatic rings. The van der Waals surface area contributed by atoms with Crippen molar-refractivity contribution in [2.75, 3.05) is 19.0 Å². The van der Waals surface area contributed by atoms with Crippen molar-refractivity contribution in [1.29, 1.82) is 0 Å². The van der Waals surface area contributed by atoms with Gasteiger partial charge in [0.2, 0.25) is 0 Å². The zero-order chi connectivity index (χ0) is 15.7. The van der Waals surface area contributed by atoms with E-state index in [-0.39, 0.29) is 18.5 Å². The molecular formula is C15H20N2O4. The van der Waals surface area contributed by atoms with Crippen molar-refractivity contribution in [1.82, 2.24) is 5.32 Å². The van der Waals surface area contributed by atoms with Crippen LogP contribution in [0.3, 0.4) is 0 Å². The van der Waals surface area contributed by atoms with Crippen molar-refractivity contribution in [3.63, 3.8) is 0 Å². The molecule has 1 aromatic rings. The average molecular weight is 292 g/mol. The highest BCUT2D eigenvalue weighted by Crippen LogP contribution is 2.09. The maximum absolute atomic E-state index is 11.6. The first-order chi connectivity index (χ1) is 10.1. The molecule has 0 spiro atoms. The van der Waals surface area contributed by atoms with Gasteiger partial charge in [-0.25, -0.2) is 0 Å². The zero-order valence-corrected chi connectivity index (χ0v) is 12.3. The quantitative estimate of drug-likeness (QED) is 0.749. The standard InChI is InChI=1S/C15H20N2O4/c1-3-4-5-14(19)21-10-13(18)17-12-8-6-11(7-9-12)15(20)16-2/h6-9H,3-5,10H2,1-2H3,(H,16,20)(H,17,18). The Bertz CT molecular complexity index is 497. The summed E-state index contributed by atoms with van der Waals surface area (Å²) >= 11 is 0. The number of ether oxygens (including phenoxy) is 1. The molecule has 0 atom stereocenters. The van der Waals surface area contributed by atoms with E-state index in [9.17, 15) is 14.4 Å². The molecule has 0 heterocycles. The lowest BCUT2D eigenvalue weighted by Gasteiger charge is -2.07. The Morgan fingerprint density at radius 1 is 1.14 bits per heavy atom. The highest BCUT2D eigenvalue weighted by Gasteiger charge is 2.08. The second-order valence-electron chi connectivity index (χ2n) is 4.47. The number of hydrogen-bond donors (Lipinski definition) is 2. The molecule has 1 aromatic carbocycles. The molecule has 1 rings (SSSR count). The molecule has 0 saturated carbocycles. The number of rotatable bonds is 7. The predicted molar refractivity (Wildman–Crippen MR) is 78.9 cm³/mol.